The standard InChI is InChI=1S/C44H27N5S/c1-3-12-28(13-4-1)41-46-42(29-14-5-2-6-15-29)48-43(47-41)36-18-11-25-45-44(36)49-37-19-9-7-16-32(37)33-23-21-30(26-38(33)49)31-22-24-35-34-17-8-10-20-39(34)50-40(35)27-31/h1-27H. The normalized spacial score (nSPS) is 11.6. The molecule has 0 aliphatic carbocycles. The molecule has 10 aromatic rings. The van der Waals surface area contributed by atoms with Gasteiger partial charge >= 0.3 is 0 Å². The molecule has 0 aliphatic heterocycles. The van der Waals surface area contributed by atoms with E-state index < -0.39 is 0 Å². The Morgan fingerprint density at radius 2 is 0.980 bits per heavy atom. The van der Waals surface area contributed by atoms with Gasteiger partial charge in [-0.05, 0) is 47.5 Å². The molecular weight excluding hydrogens is 631 g/mol. The van der Waals surface area contributed by atoms with Crippen molar-refractivity contribution in [2.75, 3.05) is 0 Å². The monoisotopic (exact) mass is 657 g/mol. The van der Waals surface area contributed by atoms with E-state index in [4.69, 9.17) is 19.9 Å². The Labute approximate surface area is 291 Å². The van der Waals surface area contributed by atoms with Crippen molar-refractivity contribution in [2.24, 2.45) is 0 Å². The molecule has 5 nitrogen and oxygen atoms in total. The molecule has 234 valence electrons. The summed E-state index contributed by atoms with van der Waals surface area (Å²) in [6.07, 6.45) is 1.84. The maximum absolute atomic E-state index is 5.07. The minimum atomic E-state index is 0.568. The van der Waals surface area contributed by atoms with Gasteiger partial charge in [-0.3, -0.25) is 4.57 Å². The van der Waals surface area contributed by atoms with E-state index in [0.29, 0.717) is 17.5 Å². The van der Waals surface area contributed by atoms with Gasteiger partial charge in [-0.15, -0.1) is 11.3 Å². The van der Waals surface area contributed by atoms with Crippen LogP contribution in [0.5, 0.6) is 0 Å². The van der Waals surface area contributed by atoms with E-state index in [2.05, 4.69) is 95.6 Å². The van der Waals surface area contributed by atoms with E-state index in [1.54, 1.807) is 0 Å². The van der Waals surface area contributed by atoms with E-state index in [-0.39, 0.29) is 0 Å². The van der Waals surface area contributed by atoms with Crippen molar-refractivity contribution in [3.05, 3.63) is 164 Å². The first-order chi connectivity index (χ1) is 24.8. The molecule has 4 aromatic heterocycles. The van der Waals surface area contributed by atoms with Crippen LogP contribution < -0.4 is 0 Å². The highest BCUT2D eigenvalue weighted by atomic mass is 32.1. The lowest BCUT2D eigenvalue weighted by Gasteiger charge is -2.14. The fraction of sp³-hybridized carbons (Fsp3) is 0. The summed E-state index contributed by atoms with van der Waals surface area (Å²) in [4.78, 5) is 20.1. The van der Waals surface area contributed by atoms with Crippen molar-refractivity contribution in [3.8, 4) is 51.1 Å². The molecule has 50 heavy (non-hydrogen) atoms. The lowest BCUT2D eigenvalue weighted by atomic mass is 10.0. The van der Waals surface area contributed by atoms with Crippen LogP contribution in [0.25, 0.3) is 93.1 Å². The predicted octanol–water partition coefficient (Wildman–Crippen LogP) is 11.4. The molecule has 0 N–H and O–H groups in total. The smallest absolute Gasteiger partial charge is 0.167 e. The minimum absolute atomic E-state index is 0.568. The number of benzene rings is 6. The number of aromatic nitrogens is 5. The van der Waals surface area contributed by atoms with Crippen molar-refractivity contribution in [2.45, 2.75) is 0 Å². The molecule has 0 fully saturated rings. The molecule has 0 radical (unpaired) electrons. The molecule has 0 saturated heterocycles. The van der Waals surface area contributed by atoms with Crippen LogP contribution in [0.3, 0.4) is 0 Å². The number of nitrogens with zero attached hydrogens (tertiary/aromatic N) is 5. The van der Waals surface area contributed by atoms with Gasteiger partial charge in [-0.2, -0.15) is 0 Å². The van der Waals surface area contributed by atoms with Crippen LogP contribution in [0.2, 0.25) is 0 Å². The highest BCUT2D eigenvalue weighted by molar-refractivity contribution is 7.25. The summed E-state index contributed by atoms with van der Waals surface area (Å²) in [5, 5.41) is 4.93. The molecule has 0 spiro atoms. The number of fused-ring (bicyclic) bond motifs is 6. The number of thiophene rings is 1. The summed E-state index contributed by atoms with van der Waals surface area (Å²) in [7, 11) is 0. The van der Waals surface area contributed by atoms with Crippen LogP contribution in [0, 0.1) is 0 Å². The minimum Gasteiger partial charge on any atom is -0.293 e. The summed E-state index contributed by atoms with van der Waals surface area (Å²) in [5.74, 6) is 2.56. The fourth-order valence-electron chi connectivity index (χ4n) is 6.96. The first kappa shape index (κ1) is 28.5. The third-order valence-corrected chi connectivity index (χ3v) is 10.5. The van der Waals surface area contributed by atoms with E-state index in [1.165, 1.54) is 25.7 Å². The highest BCUT2D eigenvalue weighted by Crippen LogP contribution is 2.39. The molecule has 0 amide bonds. The molecule has 6 aromatic carbocycles. The third-order valence-electron chi connectivity index (χ3n) is 9.32. The van der Waals surface area contributed by atoms with Crippen LogP contribution in [-0.4, -0.2) is 24.5 Å². The number of para-hydroxylation sites is 1. The second-order valence-corrected chi connectivity index (χ2v) is 13.4. The zero-order valence-corrected chi connectivity index (χ0v) is 27.5. The summed E-state index contributed by atoms with van der Waals surface area (Å²) < 4.78 is 4.85. The first-order valence-electron chi connectivity index (χ1n) is 16.6. The van der Waals surface area contributed by atoms with Crippen molar-refractivity contribution in [3.63, 3.8) is 0 Å². The van der Waals surface area contributed by atoms with Gasteiger partial charge in [0.2, 0.25) is 0 Å². The van der Waals surface area contributed by atoms with Crippen LogP contribution in [-0.2, 0) is 0 Å². The van der Waals surface area contributed by atoms with Gasteiger partial charge in [-0.25, -0.2) is 19.9 Å². The third kappa shape index (κ3) is 4.69. The molecule has 10 rings (SSSR count). The quantitative estimate of drug-likeness (QED) is 0.185. The van der Waals surface area contributed by atoms with Crippen molar-refractivity contribution >= 4 is 53.3 Å². The Balaban J connectivity index is 1.20. The van der Waals surface area contributed by atoms with E-state index in [9.17, 15) is 0 Å². The maximum atomic E-state index is 5.07. The summed E-state index contributed by atoms with van der Waals surface area (Å²) >= 11 is 1.84. The molecule has 0 atom stereocenters. The van der Waals surface area contributed by atoms with Crippen LogP contribution in [0.4, 0.5) is 0 Å². The highest BCUT2D eigenvalue weighted by Gasteiger charge is 2.20. The van der Waals surface area contributed by atoms with Crippen LogP contribution in [0.15, 0.2) is 164 Å². The Hall–Kier alpha value is -6.50. The Morgan fingerprint density at radius 3 is 1.74 bits per heavy atom. The number of rotatable bonds is 5. The van der Waals surface area contributed by atoms with Crippen molar-refractivity contribution in [1.29, 1.82) is 0 Å². The summed E-state index contributed by atoms with van der Waals surface area (Å²) in [5.41, 5.74) is 7.15. The Kier molecular flexibility index (Phi) is 6.60. The number of pyridine rings is 1. The van der Waals surface area contributed by atoms with Gasteiger partial charge in [-0.1, -0.05) is 121 Å². The van der Waals surface area contributed by atoms with Crippen LogP contribution in [0.1, 0.15) is 0 Å². The second-order valence-electron chi connectivity index (χ2n) is 12.3. The first-order valence-corrected chi connectivity index (χ1v) is 17.4. The van der Waals surface area contributed by atoms with E-state index in [0.717, 1.165) is 49.9 Å². The largest absolute Gasteiger partial charge is 0.293 e. The Bertz CT molecular complexity index is 2820. The van der Waals surface area contributed by atoms with Gasteiger partial charge in [0.1, 0.15) is 5.82 Å². The summed E-state index contributed by atoms with van der Waals surface area (Å²) in [6.45, 7) is 0. The van der Waals surface area contributed by atoms with Gasteiger partial charge < -0.3 is 0 Å². The molecule has 0 bridgehead atoms. The molecule has 4 heterocycles. The van der Waals surface area contributed by atoms with Gasteiger partial charge in [0.25, 0.3) is 0 Å². The SMILES string of the molecule is c1ccc(-c2nc(-c3ccccc3)nc(-c3cccnc3-n3c4ccccc4c4ccc(-c5ccc6c(c5)sc5ccccc56)cc43)n2)cc1. The molecule has 6 heteroatoms. The molecule has 0 unspecified atom stereocenters. The topological polar surface area (TPSA) is 56.5 Å². The maximum Gasteiger partial charge on any atom is 0.167 e. The van der Waals surface area contributed by atoms with Crippen molar-refractivity contribution < 1.29 is 0 Å². The Morgan fingerprint density at radius 1 is 0.400 bits per heavy atom. The zero-order chi connectivity index (χ0) is 33.0. The summed E-state index contributed by atoms with van der Waals surface area (Å²) in [6, 6.07) is 54.9. The molecule has 0 aliphatic rings. The van der Waals surface area contributed by atoms with Crippen molar-refractivity contribution in [1.82, 2.24) is 24.5 Å². The van der Waals surface area contributed by atoms with Gasteiger partial charge in [0.05, 0.1) is 16.6 Å². The zero-order valence-electron chi connectivity index (χ0n) is 26.7. The fourth-order valence-corrected chi connectivity index (χ4v) is 8.11. The van der Waals surface area contributed by atoms with E-state index >= 15 is 0 Å². The number of hydrogen-bond acceptors (Lipinski definition) is 5. The van der Waals surface area contributed by atoms with E-state index in [1.807, 2.05) is 84.3 Å². The lowest BCUT2D eigenvalue weighted by molar-refractivity contribution is 1.04. The van der Waals surface area contributed by atoms with Crippen LogP contribution >= 0.6 is 11.3 Å². The number of hydrogen-bond donors (Lipinski definition) is 0. The van der Waals surface area contributed by atoms with Gasteiger partial charge in [0, 0.05) is 48.3 Å². The van der Waals surface area contributed by atoms with Gasteiger partial charge in [0.15, 0.2) is 17.5 Å². The lowest BCUT2D eigenvalue weighted by Crippen LogP contribution is -2.05. The average Bonchev–Trinajstić information content (AvgIpc) is 3.73. The predicted molar refractivity (Wildman–Crippen MR) is 207 cm³/mol. The second kappa shape index (κ2) is 11.6. The average molecular weight is 658 g/mol. The molecule has 0 saturated carbocycles. The molecular formula is C44H27N5S.